The molecule has 2 rings (SSSR count). The number of esters is 1. The van der Waals surface area contributed by atoms with Crippen LogP contribution in [-0.4, -0.2) is 38.5 Å². The van der Waals surface area contributed by atoms with Crippen molar-refractivity contribution in [3.05, 3.63) is 35.6 Å². The Morgan fingerprint density at radius 3 is 2.57 bits per heavy atom. The van der Waals surface area contributed by atoms with E-state index in [1.165, 1.54) is 38.5 Å². The SMILES string of the molecule is COCC1=NC(=O)NC(c2ccc(F)cc2)C1C(=O)OC. The van der Waals surface area contributed by atoms with Gasteiger partial charge in [-0.2, -0.15) is 4.99 Å². The topological polar surface area (TPSA) is 77.0 Å². The van der Waals surface area contributed by atoms with Gasteiger partial charge in [-0.3, -0.25) is 4.79 Å². The van der Waals surface area contributed by atoms with Gasteiger partial charge in [-0.05, 0) is 17.7 Å². The Balaban J connectivity index is 2.41. The van der Waals surface area contributed by atoms with Crippen molar-refractivity contribution in [2.75, 3.05) is 20.8 Å². The van der Waals surface area contributed by atoms with Gasteiger partial charge in [0.1, 0.15) is 11.7 Å². The van der Waals surface area contributed by atoms with Gasteiger partial charge < -0.3 is 14.8 Å². The lowest BCUT2D eigenvalue weighted by Crippen LogP contribution is -2.46. The maximum absolute atomic E-state index is 13.0. The minimum absolute atomic E-state index is 0.0326. The number of urea groups is 1. The molecular formula is C14H15FN2O4. The molecule has 0 aliphatic carbocycles. The van der Waals surface area contributed by atoms with E-state index in [4.69, 9.17) is 9.47 Å². The second kappa shape index (κ2) is 6.45. The number of carbonyl (C=O) groups excluding carboxylic acids is 2. The van der Waals surface area contributed by atoms with E-state index in [1.807, 2.05) is 0 Å². The van der Waals surface area contributed by atoms with E-state index in [0.29, 0.717) is 5.56 Å². The van der Waals surface area contributed by atoms with Crippen LogP contribution in [0, 0.1) is 11.7 Å². The summed E-state index contributed by atoms with van der Waals surface area (Å²) in [5, 5.41) is 2.60. The normalized spacial score (nSPS) is 21.5. The average molecular weight is 294 g/mol. The Kier molecular flexibility index (Phi) is 4.64. The summed E-state index contributed by atoms with van der Waals surface area (Å²) in [5.74, 6) is -1.75. The fourth-order valence-electron chi connectivity index (χ4n) is 2.26. The van der Waals surface area contributed by atoms with Gasteiger partial charge in [0.25, 0.3) is 0 Å². The highest BCUT2D eigenvalue weighted by Crippen LogP contribution is 2.28. The molecule has 0 aromatic heterocycles. The molecule has 112 valence electrons. The van der Waals surface area contributed by atoms with Crippen molar-refractivity contribution in [3.63, 3.8) is 0 Å². The van der Waals surface area contributed by atoms with Crippen LogP contribution in [0.5, 0.6) is 0 Å². The Morgan fingerprint density at radius 2 is 2.00 bits per heavy atom. The minimum Gasteiger partial charge on any atom is -0.468 e. The molecule has 2 unspecified atom stereocenters. The summed E-state index contributed by atoms with van der Waals surface area (Å²) in [5.41, 5.74) is 0.867. The Hall–Kier alpha value is -2.28. The van der Waals surface area contributed by atoms with Crippen LogP contribution >= 0.6 is 0 Å². The number of methoxy groups -OCH3 is 2. The average Bonchev–Trinajstić information content (AvgIpc) is 2.47. The summed E-state index contributed by atoms with van der Waals surface area (Å²) < 4.78 is 22.8. The number of benzene rings is 1. The van der Waals surface area contributed by atoms with Crippen LogP contribution in [0.25, 0.3) is 0 Å². The molecule has 1 heterocycles. The minimum atomic E-state index is -0.807. The highest BCUT2D eigenvalue weighted by Gasteiger charge is 2.39. The maximum Gasteiger partial charge on any atom is 0.341 e. The van der Waals surface area contributed by atoms with Crippen LogP contribution in [0.3, 0.4) is 0 Å². The number of amides is 2. The molecule has 21 heavy (non-hydrogen) atoms. The summed E-state index contributed by atoms with van der Waals surface area (Å²) in [4.78, 5) is 27.5. The highest BCUT2D eigenvalue weighted by atomic mass is 19.1. The van der Waals surface area contributed by atoms with Crippen molar-refractivity contribution in [1.82, 2.24) is 5.32 Å². The molecule has 0 fully saturated rings. The van der Waals surface area contributed by atoms with Crippen molar-refractivity contribution in [3.8, 4) is 0 Å². The van der Waals surface area contributed by atoms with Crippen LogP contribution in [0.2, 0.25) is 0 Å². The lowest BCUT2D eigenvalue weighted by molar-refractivity contribution is -0.144. The number of ether oxygens (including phenoxy) is 2. The molecule has 2 amide bonds. The third-order valence-corrected chi connectivity index (χ3v) is 3.19. The number of hydrogen-bond donors (Lipinski definition) is 1. The fraction of sp³-hybridized carbons (Fsp3) is 0.357. The van der Waals surface area contributed by atoms with Gasteiger partial charge in [-0.1, -0.05) is 12.1 Å². The molecule has 1 aromatic rings. The monoisotopic (exact) mass is 294 g/mol. The summed E-state index contributed by atoms with van der Waals surface area (Å²) in [6.45, 7) is 0.0326. The predicted molar refractivity (Wildman–Crippen MR) is 72.5 cm³/mol. The van der Waals surface area contributed by atoms with E-state index in [1.54, 1.807) is 0 Å². The number of aliphatic imine (C=N–C) groups is 1. The quantitative estimate of drug-likeness (QED) is 0.853. The molecule has 1 N–H and O–H groups in total. The van der Waals surface area contributed by atoms with E-state index in [9.17, 15) is 14.0 Å². The van der Waals surface area contributed by atoms with Crippen LogP contribution in [-0.2, 0) is 14.3 Å². The largest absolute Gasteiger partial charge is 0.468 e. The molecule has 0 spiro atoms. The lowest BCUT2D eigenvalue weighted by Gasteiger charge is -2.30. The fourth-order valence-corrected chi connectivity index (χ4v) is 2.26. The van der Waals surface area contributed by atoms with Crippen LogP contribution < -0.4 is 5.32 Å². The summed E-state index contributed by atoms with van der Waals surface area (Å²) in [7, 11) is 2.70. The molecule has 1 aliphatic rings. The number of nitrogens with zero attached hydrogens (tertiary/aromatic N) is 1. The molecule has 7 heteroatoms. The van der Waals surface area contributed by atoms with Gasteiger partial charge in [0.05, 0.1) is 25.5 Å². The van der Waals surface area contributed by atoms with E-state index in [0.717, 1.165) is 0 Å². The summed E-state index contributed by atoms with van der Waals surface area (Å²) in [6.07, 6.45) is 0. The Labute approximate surface area is 121 Å². The van der Waals surface area contributed by atoms with Crippen molar-refractivity contribution in [2.24, 2.45) is 10.9 Å². The first-order valence-electron chi connectivity index (χ1n) is 6.27. The molecule has 0 radical (unpaired) electrons. The third-order valence-electron chi connectivity index (χ3n) is 3.19. The first kappa shape index (κ1) is 15.1. The second-order valence-electron chi connectivity index (χ2n) is 4.52. The third kappa shape index (κ3) is 3.25. The van der Waals surface area contributed by atoms with Crippen molar-refractivity contribution in [1.29, 1.82) is 0 Å². The van der Waals surface area contributed by atoms with Gasteiger partial charge in [-0.25, -0.2) is 9.18 Å². The Bertz CT molecular complexity index is 571. The van der Waals surface area contributed by atoms with Gasteiger partial charge in [0.2, 0.25) is 0 Å². The first-order valence-corrected chi connectivity index (χ1v) is 6.27. The van der Waals surface area contributed by atoms with E-state index in [-0.39, 0.29) is 12.3 Å². The van der Waals surface area contributed by atoms with Crippen molar-refractivity contribution < 1.29 is 23.5 Å². The van der Waals surface area contributed by atoms with Crippen LogP contribution in [0.15, 0.2) is 29.3 Å². The summed E-state index contributed by atoms with van der Waals surface area (Å²) in [6, 6.07) is 4.29. The lowest BCUT2D eigenvalue weighted by atomic mass is 9.88. The van der Waals surface area contributed by atoms with Gasteiger partial charge in [0.15, 0.2) is 0 Å². The van der Waals surface area contributed by atoms with Gasteiger partial charge in [0, 0.05) is 7.11 Å². The number of nitrogens with one attached hydrogen (secondary N) is 1. The van der Waals surface area contributed by atoms with Crippen molar-refractivity contribution in [2.45, 2.75) is 6.04 Å². The summed E-state index contributed by atoms with van der Waals surface area (Å²) >= 11 is 0. The highest BCUT2D eigenvalue weighted by molar-refractivity contribution is 6.09. The van der Waals surface area contributed by atoms with Crippen LogP contribution in [0.4, 0.5) is 9.18 Å². The molecule has 0 saturated heterocycles. The van der Waals surface area contributed by atoms with E-state index in [2.05, 4.69) is 10.3 Å². The van der Waals surface area contributed by atoms with Crippen molar-refractivity contribution >= 4 is 17.7 Å². The molecule has 0 bridgehead atoms. The molecule has 1 aromatic carbocycles. The molecule has 6 nitrogen and oxygen atoms in total. The number of carbonyl (C=O) groups is 2. The first-order chi connectivity index (χ1) is 10.1. The zero-order valence-corrected chi connectivity index (χ0v) is 11.6. The second-order valence-corrected chi connectivity index (χ2v) is 4.52. The smallest absolute Gasteiger partial charge is 0.341 e. The van der Waals surface area contributed by atoms with E-state index >= 15 is 0 Å². The number of rotatable bonds is 4. The molecule has 2 atom stereocenters. The Morgan fingerprint density at radius 1 is 1.33 bits per heavy atom. The molecule has 1 aliphatic heterocycles. The zero-order valence-electron chi connectivity index (χ0n) is 11.6. The van der Waals surface area contributed by atoms with Gasteiger partial charge >= 0.3 is 12.0 Å². The van der Waals surface area contributed by atoms with Crippen LogP contribution in [0.1, 0.15) is 11.6 Å². The molecular weight excluding hydrogens is 279 g/mol. The number of hydrogen-bond acceptors (Lipinski definition) is 4. The number of halogens is 1. The standard InChI is InChI=1S/C14H15FN2O4/c1-20-7-10-11(13(18)21-2)12(17-14(19)16-10)8-3-5-9(15)6-4-8/h3-6,11-12H,7H2,1-2H3,(H,17,19). The molecule has 0 saturated carbocycles. The zero-order chi connectivity index (χ0) is 15.4. The van der Waals surface area contributed by atoms with Gasteiger partial charge in [-0.15, -0.1) is 0 Å². The predicted octanol–water partition coefficient (Wildman–Crippen LogP) is 1.47. The maximum atomic E-state index is 13.0. The van der Waals surface area contributed by atoms with E-state index < -0.39 is 29.8 Å².